The van der Waals surface area contributed by atoms with Crippen molar-refractivity contribution in [1.29, 1.82) is 0 Å². The van der Waals surface area contributed by atoms with Crippen LogP contribution in [-0.2, 0) is 22.9 Å². The summed E-state index contributed by atoms with van der Waals surface area (Å²) in [7, 11) is -3.54. The molecule has 0 bridgehead atoms. The van der Waals surface area contributed by atoms with Crippen LogP contribution in [0, 0.1) is 6.92 Å². The summed E-state index contributed by atoms with van der Waals surface area (Å²) in [5.41, 5.74) is 3.09. The van der Waals surface area contributed by atoms with E-state index in [9.17, 15) is 8.42 Å². The Morgan fingerprint density at radius 2 is 1.81 bits per heavy atom. The second kappa shape index (κ2) is 6.79. The Hall–Kier alpha value is -1.70. The van der Waals surface area contributed by atoms with Crippen molar-refractivity contribution in [2.24, 2.45) is 0 Å². The summed E-state index contributed by atoms with van der Waals surface area (Å²) in [4.78, 5) is 2.40. The van der Waals surface area contributed by atoms with Crippen molar-refractivity contribution in [3.63, 3.8) is 0 Å². The van der Waals surface area contributed by atoms with Crippen LogP contribution in [0.25, 0.3) is 0 Å². The summed E-state index contributed by atoms with van der Waals surface area (Å²) in [5, 5.41) is 9.10. The van der Waals surface area contributed by atoms with Crippen molar-refractivity contribution in [3.05, 3.63) is 46.1 Å². The highest BCUT2D eigenvalue weighted by atomic mass is 35.5. The largest absolute Gasteiger partial charge is 0.352 e. The second-order valence-corrected chi connectivity index (χ2v) is 9.17. The van der Waals surface area contributed by atoms with Gasteiger partial charge in [-0.05, 0) is 55.5 Å². The average Bonchev–Trinajstić information content (AvgIpc) is 3.11. The molecule has 2 aliphatic rings. The van der Waals surface area contributed by atoms with Gasteiger partial charge in [0.15, 0.2) is 5.82 Å². The van der Waals surface area contributed by atoms with Crippen LogP contribution in [0.2, 0.25) is 5.02 Å². The molecule has 1 aromatic heterocycles. The number of rotatable bonds is 3. The van der Waals surface area contributed by atoms with E-state index in [1.165, 1.54) is 15.9 Å². The molecule has 6 nitrogen and oxygen atoms in total. The van der Waals surface area contributed by atoms with Gasteiger partial charge < -0.3 is 4.90 Å². The lowest BCUT2D eigenvalue weighted by Crippen LogP contribution is -2.49. The van der Waals surface area contributed by atoms with Gasteiger partial charge in [-0.2, -0.15) is 9.40 Å². The molecule has 1 aliphatic heterocycles. The van der Waals surface area contributed by atoms with E-state index < -0.39 is 10.0 Å². The smallest absolute Gasteiger partial charge is 0.243 e. The van der Waals surface area contributed by atoms with Gasteiger partial charge >= 0.3 is 0 Å². The molecule has 0 N–H and O–H groups in total. The van der Waals surface area contributed by atoms with Crippen molar-refractivity contribution in [3.8, 4) is 0 Å². The molecule has 0 radical (unpaired) electrons. The van der Waals surface area contributed by atoms with Gasteiger partial charge in [-0.3, -0.25) is 0 Å². The van der Waals surface area contributed by atoms with E-state index in [1.54, 1.807) is 19.1 Å². The standard InChI is InChI=1S/C18H21ClN4O2S/c1-13-5-6-15(19)12-17(13)26(24,25)23-9-7-22(8-10-23)18-11-14-3-2-4-16(14)20-21-18/h5-6,11-12H,2-4,7-10H2,1H3. The molecule has 0 unspecified atom stereocenters. The summed E-state index contributed by atoms with van der Waals surface area (Å²) in [6.45, 7) is 3.85. The molecular formula is C18H21ClN4O2S. The van der Waals surface area contributed by atoms with Crippen LogP contribution in [0.15, 0.2) is 29.2 Å². The third-order valence-corrected chi connectivity index (χ3v) is 7.41. The highest BCUT2D eigenvalue weighted by Crippen LogP contribution is 2.26. The van der Waals surface area contributed by atoms with E-state index >= 15 is 0 Å². The van der Waals surface area contributed by atoms with Gasteiger partial charge in [0.2, 0.25) is 10.0 Å². The predicted molar refractivity (Wildman–Crippen MR) is 101 cm³/mol. The third kappa shape index (κ3) is 3.19. The zero-order valence-corrected chi connectivity index (χ0v) is 16.2. The first-order valence-electron chi connectivity index (χ1n) is 8.82. The number of hydrogen-bond donors (Lipinski definition) is 0. The molecule has 0 amide bonds. The van der Waals surface area contributed by atoms with Crippen LogP contribution in [0.1, 0.15) is 23.2 Å². The molecule has 2 heterocycles. The SMILES string of the molecule is Cc1ccc(Cl)cc1S(=O)(=O)N1CCN(c2cc3c(nn2)CCC3)CC1. The minimum atomic E-state index is -3.54. The van der Waals surface area contributed by atoms with E-state index in [0.717, 1.165) is 30.8 Å². The number of aryl methyl sites for hydroxylation is 3. The number of anilines is 1. The highest BCUT2D eigenvalue weighted by molar-refractivity contribution is 7.89. The summed E-state index contributed by atoms with van der Waals surface area (Å²) < 4.78 is 27.5. The van der Waals surface area contributed by atoms with E-state index in [-0.39, 0.29) is 4.90 Å². The normalized spacial score (nSPS) is 18.2. The fraction of sp³-hybridized carbons (Fsp3) is 0.444. The molecule has 26 heavy (non-hydrogen) atoms. The molecule has 4 rings (SSSR count). The summed E-state index contributed by atoms with van der Waals surface area (Å²) in [6.07, 6.45) is 3.20. The quantitative estimate of drug-likeness (QED) is 0.802. The lowest BCUT2D eigenvalue weighted by atomic mass is 10.2. The Bertz CT molecular complexity index is 940. The maximum Gasteiger partial charge on any atom is 0.243 e. The van der Waals surface area contributed by atoms with Gasteiger partial charge in [-0.15, -0.1) is 5.10 Å². The van der Waals surface area contributed by atoms with Crippen LogP contribution < -0.4 is 4.90 Å². The number of aromatic nitrogens is 2. The number of piperazine rings is 1. The number of sulfonamides is 1. The van der Waals surface area contributed by atoms with Crippen molar-refractivity contribution in [1.82, 2.24) is 14.5 Å². The number of benzene rings is 1. The van der Waals surface area contributed by atoms with Crippen molar-refractivity contribution >= 4 is 27.4 Å². The van der Waals surface area contributed by atoms with E-state index in [1.807, 2.05) is 0 Å². The molecule has 138 valence electrons. The monoisotopic (exact) mass is 392 g/mol. The number of fused-ring (bicyclic) bond motifs is 1. The van der Waals surface area contributed by atoms with Gasteiger partial charge in [-0.1, -0.05) is 17.7 Å². The van der Waals surface area contributed by atoms with Crippen LogP contribution in [0.3, 0.4) is 0 Å². The Kier molecular flexibility index (Phi) is 4.62. The first-order valence-corrected chi connectivity index (χ1v) is 10.6. The molecule has 0 saturated carbocycles. The highest BCUT2D eigenvalue weighted by Gasteiger charge is 2.30. The minimum absolute atomic E-state index is 0.288. The zero-order chi connectivity index (χ0) is 18.3. The maximum atomic E-state index is 13.0. The molecule has 1 aromatic carbocycles. The van der Waals surface area contributed by atoms with Gasteiger partial charge in [0.1, 0.15) is 0 Å². The first kappa shape index (κ1) is 17.7. The Balaban J connectivity index is 1.50. The molecule has 8 heteroatoms. The molecule has 1 aliphatic carbocycles. The Labute approximate surface area is 158 Å². The van der Waals surface area contributed by atoms with Gasteiger partial charge in [0.25, 0.3) is 0 Å². The Morgan fingerprint density at radius 1 is 1.04 bits per heavy atom. The fourth-order valence-corrected chi connectivity index (χ4v) is 5.53. The van der Waals surface area contributed by atoms with E-state index in [4.69, 9.17) is 11.6 Å². The molecular weight excluding hydrogens is 372 g/mol. The number of halogens is 1. The second-order valence-electron chi connectivity index (χ2n) is 6.83. The van der Waals surface area contributed by atoms with E-state index in [2.05, 4.69) is 21.2 Å². The van der Waals surface area contributed by atoms with Gasteiger partial charge in [0.05, 0.1) is 10.6 Å². The number of nitrogens with zero attached hydrogens (tertiary/aromatic N) is 4. The molecule has 0 atom stereocenters. The Morgan fingerprint density at radius 3 is 2.58 bits per heavy atom. The number of hydrogen-bond acceptors (Lipinski definition) is 5. The van der Waals surface area contributed by atoms with Crippen LogP contribution >= 0.6 is 11.6 Å². The van der Waals surface area contributed by atoms with E-state index in [0.29, 0.717) is 36.8 Å². The maximum absolute atomic E-state index is 13.0. The van der Waals surface area contributed by atoms with Crippen molar-refractivity contribution in [2.45, 2.75) is 31.1 Å². The third-order valence-electron chi connectivity index (χ3n) is 5.14. The minimum Gasteiger partial charge on any atom is -0.352 e. The summed E-state index contributed by atoms with van der Waals surface area (Å²) in [6, 6.07) is 7.09. The predicted octanol–water partition coefficient (Wildman–Crippen LogP) is 2.44. The van der Waals surface area contributed by atoms with Gasteiger partial charge in [0, 0.05) is 31.2 Å². The molecule has 2 aromatic rings. The van der Waals surface area contributed by atoms with Crippen molar-refractivity contribution < 1.29 is 8.42 Å². The zero-order valence-electron chi connectivity index (χ0n) is 14.7. The molecule has 1 saturated heterocycles. The fourth-order valence-electron chi connectivity index (χ4n) is 3.62. The van der Waals surface area contributed by atoms with Crippen LogP contribution in [-0.4, -0.2) is 49.1 Å². The average molecular weight is 393 g/mol. The lowest BCUT2D eigenvalue weighted by Gasteiger charge is -2.34. The summed E-state index contributed by atoms with van der Waals surface area (Å²) in [5.74, 6) is 0.849. The van der Waals surface area contributed by atoms with Gasteiger partial charge in [-0.25, -0.2) is 8.42 Å². The van der Waals surface area contributed by atoms with Crippen molar-refractivity contribution in [2.75, 3.05) is 31.1 Å². The van der Waals surface area contributed by atoms with Crippen LogP contribution in [0.4, 0.5) is 5.82 Å². The molecule has 1 fully saturated rings. The molecule has 0 spiro atoms. The lowest BCUT2D eigenvalue weighted by molar-refractivity contribution is 0.383. The topological polar surface area (TPSA) is 66.4 Å². The first-order chi connectivity index (χ1) is 12.4. The summed E-state index contributed by atoms with van der Waals surface area (Å²) >= 11 is 6.00. The van der Waals surface area contributed by atoms with Crippen LogP contribution in [0.5, 0.6) is 0 Å².